The van der Waals surface area contributed by atoms with Crippen molar-refractivity contribution in [3.8, 4) is 11.5 Å². The Hall–Kier alpha value is -3.69. The molecule has 0 aliphatic heterocycles. The van der Waals surface area contributed by atoms with Crippen LogP contribution in [0.1, 0.15) is 26.5 Å². The van der Waals surface area contributed by atoms with E-state index in [-0.39, 0.29) is 23.0 Å². The van der Waals surface area contributed by atoms with Gasteiger partial charge in [-0.3, -0.25) is 14.3 Å². The first-order chi connectivity index (χ1) is 11.9. The summed E-state index contributed by atoms with van der Waals surface area (Å²) in [4.78, 5) is 31.8. The Morgan fingerprint density at radius 2 is 2.12 bits per heavy atom. The lowest BCUT2D eigenvalue weighted by Gasteiger charge is -2.03. The van der Waals surface area contributed by atoms with Gasteiger partial charge >= 0.3 is 0 Å². The minimum Gasteiger partial charge on any atom is -0.444 e. The molecule has 0 aromatic carbocycles. The molecule has 3 aromatic heterocycles. The lowest BCUT2D eigenvalue weighted by molar-refractivity contribution is 0.0995. The molecule has 0 atom stereocenters. The first-order valence-corrected chi connectivity index (χ1v) is 7.18. The molecule has 0 radical (unpaired) electrons. The molecule has 3 aromatic rings. The average Bonchev–Trinajstić information content (AvgIpc) is 3.17. The van der Waals surface area contributed by atoms with Crippen LogP contribution in [-0.2, 0) is 7.05 Å². The molecular weight excluding hydrogens is 326 g/mol. The maximum absolute atomic E-state index is 12.3. The fourth-order valence-electron chi connectivity index (χ4n) is 2.23. The molecule has 10 heteroatoms. The molecule has 128 valence electrons. The quantitative estimate of drug-likeness (QED) is 0.631. The fourth-order valence-corrected chi connectivity index (χ4v) is 2.23. The lowest BCUT2D eigenvalue weighted by Crippen LogP contribution is -2.18. The number of carbonyl (C=O) groups is 2. The van der Waals surface area contributed by atoms with Gasteiger partial charge in [-0.25, -0.2) is 9.97 Å². The molecule has 0 fully saturated rings. The van der Waals surface area contributed by atoms with Crippen molar-refractivity contribution in [1.29, 1.82) is 0 Å². The van der Waals surface area contributed by atoms with E-state index in [2.05, 4.69) is 20.4 Å². The Bertz CT molecular complexity index is 973. The zero-order valence-electron chi connectivity index (χ0n) is 13.5. The zero-order chi connectivity index (χ0) is 18.1. The number of carbonyl (C=O) groups excluding carboxylic acids is 2. The SMILES string of the molecule is Cc1c(-c2nc(C(=O)Nc3cn(C)nc3C(N)=O)co2)ccnc1N. The number of amides is 2. The molecule has 3 rings (SSSR count). The van der Waals surface area contributed by atoms with Crippen molar-refractivity contribution in [2.45, 2.75) is 6.92 Å². The van der Waals surface area contributed by atoms with Crippen molar-refractivity contribution in [2.75, 3.05) is 11.1 Å². The van der Waals surface area contributed by atoms with Gasteiger partial charge in [0.1, 0.15) is 12.1 Å². The molecule has 10 nitrogen and oxygen atoms in total. The molecule has 3 heterocycles. The van der Waals surface area contributed by atoms with Crippen LogP contribution >= 0.6 is 0 Å². The van der Waals surface area contributed by atoms with Gasteiger partial charge in [0.15, 0.2) is 11.4 Å². The van der Waals surface area contributed by atoms with Crippen molar-refractivity contribution in [2.24, 2.45) is 12.8 Å². The smallest absolute Gasteiger partial charge is 0.277 e. The number of nitrogens with zero attached hydrogens (tertiary/aromatic N) is 4. The minimum atomic E-state index is -0.750. The number of oxazole rings is 1. The Kier molecular flexibility index (Phi) is 3.93. The highest BCUT2D eigenvalue weighted by Crippen LogP contribution is 2.25. The number of hydrogen-bond acceptors (Lipinski definition) is 7. The van der Waals surface area contributed by atoms with Gasteiger partial charge < -0.3 is 21.2 Å². The molecule has 0 aliphatic rings. The number of pyridine rings is 1. The normalized spacial score (nSPS) is 10.6. The summed E-state index contributed by atoms with van der Waals surface area (Å²) < 4.78 is 6.73. The van der Waals surface area contributed by atoms with E-state index in [4.69, 9.17) is 15.9 Å². The number of rotatable bonds is 4. The van der Waals surface area contributed by atoms with Gasteiger partial charge in [0.25, 0.3) is 11.8 Å². The summed E-state index contributed by atoms with van der Waals surface area (Å²) in [5.74, 6) is -0.731. The highest BCUT2D eigenvalue weighted by atomic mass is 16.3. The highest BCUT2D eigenvalue weighted by molar-refractivity contribution is 6.07. The highest BCUT2D eigenvalue weighted by Gasteiger charge is 2.19. The molecule has 0 bridgehead atoms. The van der Waals surface area contributed by atoms with Gasteiger partial charge in [0.05, 0.1) is 5.69 Å². The first kappa shape index (κ1) is 16.2. The summed E-state index contributed by atoms with van der Waals surface area (Å²) in [7, 11) is 1.60. The number of anilines is 2. The fraction of sp³-hybridized carbons (Fsp3) is 0.133. The average molecular weight is 341 g/mol. The predicted molar refractivity (Wildman–Crippen MR) is 88.6 cm³/mol. The Labute approximate surface area is 141 Å². The third kappa shape index (κ3) is 3.04. The molecule has 0 spiro atoms. The van der Waals surface area contributed by atoms with Crippen molar-refractivity contribution in [3.05, 3.63) is 41.7 Å². The summed E-state index contributed by atoms with van der Waals surface area (Å²) in [6, 6.07) is 1.69. The van der Waals surface area contributed by atoms with Crippen LogP contribution in [0, 0.1) is 6.92 Å². The van der Waals surface area contributed by atoms with E-state index in [0.29, 0.717) is 16.9 Å². The van der Waals surface area contributed by atoms with E-state index >= 15 is 0 Å². The molecule has 0 unspecified atom stereocenters. The summed E-state index contributed by atoms with van der Waals surface area (Å²) in [5.41, 5.74) is 12.5. The summed E-state index contributed by atoms with van der Waals surface area (Å²) in [5, 5.41) is 6.43. The standard InChI is InChI=1S/C15H15N7O3/c1-7-8(3-4-18-12(7)16)15-20-10(6-25-15)14(24)19-9-5-22(2)21-11(9)13(17)23/h3-6H,1-2H3,(H2,16,18)(H2,17,23)(H,19,24). The Morgan fingerprint density at radius 1 is 1.36 bits per heavy atom. The predicted octanol–water partition coefficient (Wildman–Crippen LogP) is 0.712. The number of primary amides is 1. The van der Waals surface area contributed by atoms with Crippen molar-refractivity contribution in [1.82, 2.24) is 19.7 Å². The van der Waals surface area contributed by atoms with Crippen LogP contribution in [0.3, 0.4) is 0 Å². The van der Waals surface area contributed by atoms with Gasteiger partial charge in [-0.05, 0) is 13.0 Å². The summed E-state index contributed by atoms with van der Waals surface area (Å²) in [6.45, 7) is 1.77. The topological polar surface area (TPSA) is 155 Å². The number of aromatic nitrogens is 4. The number of hydrogen-bond donors (Lipinski definition) is 3. The second kappa shape index (κ2) is 6.07. The molecule has 2 amide bonds. The van der Waals surface area contributed by atoms with Crippen LogP contribution in [-0.4, -0.2) is 31.6 Å². The number of aryl methyl sites for hydroxylation is 1. The second-order valence-electron chi connectivity index (χ2n) is 5.29. The van der Waals surface area contributed by atoms with E-state index in [0.717, 1.165) is 0 Å². The monoisotopic (exact) mass is 341 g/mol. The zero-order valence-corrected chi connectivity index (χ0v) is 13.5. The van der Waals surface area contributed by atoms with E-state index in [1.807, 2.05) is 0 Å². The summed E-state index contributed by atoms with van der Waals surface area (Å²) in [6.07, 6.45) is 4.20. The third-order valence-corrected chi connectivity index (χ3v) is 3.52. The van der Waals surface area contributed by atoms with E-state index in [9.17, 15) is 9.59 Å². The maximum Gasteiger partial charge on any atom is 0.277 e. The van der Waals surface area contributed by atoms with Crippen LogP contribution in [0.5, 0.6) is 0 Å². The molecule has 0 aliphatic carbocycles. The molecule has 5 N–H and O–H groups in total. The molecule has 25 heavy (non-hydrogen) atoms. The van der Waals surface area contributed by atoms with Gasteiger partial charge in [0, 0.05) is 30.6 Å². The minimum absolute atomic E-state index is 0.0315. The molecule has 0 saturated heterocycles. The van der Waals surface area contributed by atoms with Crippen molar-refractivity contribution < 1.29 is 14.0 Å². The van der Waals surface area contributed by atoms with E-state index in [1.165, 1.54) is 23.3 Å². The number of nitrogen functional groups attached to an aromatic ring is 1. The van der Waals surface area contributed by atoms with Crippen LogP contribution in [0.25, 0.3) is 11.5 Å². The van der Waals surface area contributed by atoms with Crippen LogP contribution < -0.4 is 16.8 Å². The van der Waals surface area contributed by atoms with Crippen LogP contribution in [0.2, 0.25) is 0 Å². The van der Waals surface area contributed by atoms with Gasteiger partial charge in [-0.2, -0.15) is 5.10 Å². The van der Waals surface area contributed by atoms with Gasteiger partial charge in [0.2, 0.25) is 5.89 Å². The Morgan fingerprint density at radius 3 is 2.84 bits per heavy atom. The van der Waals surface area contributed by atoms with Crippen LogP contribution in [0.15, 0.2) is 29.1 Å². The molecule has 0 saturated carbocycles. The van der Waals surface area contributed by atoms with Gasteiger partial charge in [-0.15, -0.1) is 0 Å². The van der Waals surface area contributed by atoms with Crippen molar-refractivity contribution >= 4 is 23.3 Å². The first-order valence-electron chi connectivity index (χ1n) is 7.18. The summed E-state index contributed by atoms with van der Waals surface area (Å²) >= 11 is 0. The van der Waals surface area contributed by atoms with Gasteiger partial charge in [-0.1, -0.05) is 0 Å². The van der Waals surface area contributed by atoms with Crippen molar-refractivity contribution in [3.63, 3.8) is 0 Å². The molecular formula is C15H15N7O3. The second-order valence-corrected chi connectivity index (χ2v) is 5.29. The van der Waals surface area contributed by atoms with E-state index < -0.39 is 11.8 Å². The third-order valence-electron chi connectivity index (χ3n) is 3.52. The van der Waals surface area contributed by atoms with Crippen LogP contribution in [0.4, 0.5) is 11.5 Å². The number of nitrogens with two attached hydrogens (primary N) is 2. The Balaban J connectivity index is 1.87. The largest absolute Gasteiger partial charge is 0.444 e. The maximum atomic E-state index is 12.3. The number of nitrogens with one attached hydrogen (secondary N) is 1. The van der Waals surface area contributed by atoms with E-state index in [1.54, 1.807) is 20.0 Å². The lowest BCUT2D eigenvalue weighted by atomic mass is 10.1.